The minimum atomic E-state index is -0.197. The molecule has 6 nitrogen and oxygen atoms in total. The highest BCUT2D eigenvalue weighted by molar-refractivity contribution is 6.29. The number of nitrogens with zero attached hydrogens (tertiary/aromatic N) is 4. The Kier molecular flexibility index (Phi) is 3.97. The number of aromatic nitrogens is 3. The molecule has 3 heterocycles. The van der Waals surface area contributed by atoms with Crippen molar-refractivity contribution in [2.75, 3.05) is 18.4 Å². The Morgan fingerprint density at radius 2 is 2.00 bits per heavy atom. The first-order valence-electron chi connectivity index (χ1n) is 7.34. The molecule has 1 aliphatic heterocycles. The van der Waals surface area contributed by atoms with Crippen LogP contribution in [0.3, 0.4) is 0 Å². The molecular weight excluding hydrogens is 302 g/mol. The van der Waals surface area contributed by atoms with E-state index >= 15 is 0 Å². The third kappa shape index (κ3) is 2.76. The number of halogens is 1. The summed E-state index contributed by atoms with van der Waals surface area (Å²) in [7, 11) is 3.64. The van der Waals surface area contributed by atoms with Gasteiger partial charge in [0.25, 0.3) is 5.56 Å². The molecular formula is C15H20ClN5O. The molecule has 1 aliphatic rings. The Morgan fingerprint density at radius 3 is 2.64 bits per heavy atom. The van der Waals surface area contributed by atoms with E-state index < -0.39 is 0 Å². The predicted molar refractivity (Wildman–Crippen MR) is 87.8 cm³/mol. The van der Waals surface area contributed by atoms with Crippen molar-refractivity contribution in [2.24, 2.45) is 14.1 Å². The number of anilines is 2. The average Bonchev–Trinajstić information content (AvgIpc) is 2.68. The van der Waals surface area contributed by atoms with Crippen LogP contribution in [0.2, 0.25) is 5.15 Å². The highest BCUT2D eigenvalue weighted by atomic mass is 35.5. The van der Waals surface area contributed by atoms with Gasteiger partial charge in [0.05, 0.1) is 5.69 Å². The molecule has 2 aromatic rings. The fourth-order valence-corrected chi connectivity index (χ4v) is 2.84. The van der Waals surface area contributed by atoms with Crippen LogP contribution in [0.15, 0.2) is 16.9 Å². The molecule has 1 N–H and O–H groups in total. The van der Waals surface area contributed by atoms with E-state index in [2.05, 4.69) is 25.9 Å². The first-order valence-corrected chi connectivity index (χ1v) is 7.72. The van der Waals surface area contributed by atoms with Gasteiger partial charge < -0.3 is 9.88 Å². The molecule has 118 valence electrons. The predicted octanol–water partition coefficient (Wildman–Crippen LogP) is 2.03. The number of hydrogen-bond donors (Lipinski definition) is 1. The average molecular weight is 322 g/mol. The Labute approximate surface area is 134 Å². The molecule has 0 spiro atoms. The van der Waals surface area contributed by atoms with Gasteiger partial charge in [0.1, 0.15) is 5.69 Å². The lowest BCUT2D eigenvalue weighted by molar-refractivity contribution is 0.169. The summed E-state index contributed by atoms with van der Waals surface area (Å²) in [5, 5.41) is 7.38. The van der Waals surface area contributed by atoms with E-state index in [9.17, 15) is 4.79 Å². The molecule has 0 amide bonds. The Hall–Kier alpha value is -1.79. The summed E-state index contributed by atoms with van der Waals surface area (Å²) >= 11 is 5.94. The molecule has 7 heteroatoms. The molecule has 1 fully saturated rings. The second-order valence-electron chi connectivity index (χ2n) is 5.76. The van der Waals surface area contributed by atoms with Gasteiger partial charge in [-0.25, -0.2) is 4.68 Å². The van der Waals surface area contributed by atoms with Crippen LogP contribution in [0, 0.1) is 6.92 Å². The molecule has 0 unspecified atom stereocenters. The smallest absolute Gasteiger partial charge is 0.290 e. The summed E-state index contributed by atoms with van der Waals surface area (Å²) in [5.74, 6) is 0. The van der Waals surface area contributed by atoms with E-state index in [4.69, 9.17) is 11.6 Å². The van der Waals surface area contributed by atoms with Crippen LogP contribution in [0.25, 0.3) is 0 Å². The Morgan fingerprint density at radius 1 is 1.27 bits per heavy atom. The maximum atomic E-state index is 12.1. The number of aryl methyl sites for hydroxylation is 1. The van der Waals surface area contributed by atoms with Gasteiger partial charge in [0.2, 0.25) is 0 Å². The van der Waals surface area contributed by atoms with Gasteiger partial charge in [-0.3, -0.25) is 9.69 Å². The molecule has 3 rings (SSSR count). The van der Waals surface area contributed by atoms with Crippen molar-refractivity contribution in [1.29, 1.82) is 0 Å². The highest BCUT2D eigenvalue weighted by Gasteiger charge is 2.18. The lowest BCUT2D eigenvalue weighted by Gasteiger charge is -2.30. The first-order chi connectivity index (χ1) is 10.5. The molecule has 0 aromatic carbocycles. The summed E-state index contributed by atoms with van der Waals surface area (Å²) in [6, 6.07) is 3.66. The molecule has 0 atom stereocenters. The lowest BCUT2D eigenvalue weighted by atomic mass is 10.2. The third-order valence-electron chi connectivity index (χ3n) is 4.27. The summed E-state index contributed by atoms with van der Waals surface area (Å²) in [4.78, 5) is 14.5. The van der Waals surface area contributed by atoms with Gasteiger partial charge in [-0.15, -0.1) is 0 Å². The van der Waals surface area contributed by atoms with Crippen molar-refractivity contribution < 1.29 is 0 Å². The zero-order chi connectivity index (χ0) is 15.9. The van der Waals surface area contributed by atoms with E-state index in [-0.39, 0.29) is 5.56 Å². The van der Waals surface area contributed by atoms with Crippen LogP contribution in [-0.2, 0) is 20.6 Å². The zero-order valence-corrected chi connectivity index (χ0v) is 13.8. The van der Waals surface area contributed by atoms with Crippen LogP contribution in [0.5, 0.6) is 0 Å². The topological polar surface area (TPSA) is 55.1 Å². The number of hydrogen-bond acceptors (Lipinski definition) is 4. The van der Waals surface area contributed by atoms with Gasteiger partial charge in [0.15, 0.2) is 5.15 Å². The minimum absolute atomic E-state index is 0.197. The van der Waals surface area contributed by atoms with E-state index in [0.29, 0.717) is 10.8 Å². The quantitative estimate of drug-likeness (QED) is 0.936. The van der Waals surface area contributed by atoms with Gasteiger partial charge in [-0.1, -0.05) is 11.6 Å². The molecule has 0 saturated carbocycles. The molecule has 2 aromatic heterocycles. The minimum Gasteiger partial charge on any atom is -0.349 e. The van der Waals surface area contributed by atoms with Gasteiger partial charge in [-0.2, -0.15) is 5.10 Å². The van der Waals surface area contributed by atoms with Gasteiger partial charge >= 0.3 is 0 Å². The Bertz CT molecular complexity index is 760. The van der Waals surface area contributed by atoms with E-state index in [1.54, 1.807) is 13.1 Å². The van der Waals surface area contributed by atoms with Crippen molar-refractivity contribution in [2.45, 2.75) is 19.9 Å². The standard InChI is InChI=1S/C15H20ClN5O/c1-10-12(7-11(19(10)2)9-21-5-4-6-21)17-13-8-14(16)18-20(3)15(13)22/h7-8,17H,4-6,9H2,1-3H3. The normalized spacial score (nSPS) is 14.9. The molecule has 0 radical (unpaired) electrons. The fraction of sp³-hybridized carbons (Fsp3) is 0.467. The SMILES string of the molecule is Cc1c(Nc2cc(Cl)nn(C)c2=O)cc(CN2CCC2)n1C. The maximum Gasteiger partial charge on any atom is 0.290 e. The van der Waals surface area contributed by atoms with Gasteiger partial charge in [-0.05, 0) is 32.5 Å². The van der Waals surface area contributed by atoms with E-state index in [1.165, 1.54) is 16.8 Å². The number of nitrogens with one attached hydrogen (secondary N) is 1. The Balaban J connectivity index is 1.89. The highest BCUT2D eigenvalue weighted by Crippen LogP contribution is 2.25. The maximum absolute atomic E-state index is 12.1. The van der Waals surface area contributed by atoms with Crippen LogP contribution in [0.1, 0.15) is 17.8 Å². The van der Waals surface area contributed by atoms with Crippen molar-refractivity contribution in [3.05, 3.63) is 39.0 Å². The monoisotopic (exact) mass is 321 g/mol. The number of rotatable bonds is 4. The van der Waals surface area contributed by atoms with Crippen LogP contribution < -0.4 is 10.9 Å². The number of likely N-dealkylation sites (tertiary alicyclic amines) is 1. The van der Waals surface area contributed by atoms with Crippen molar-refractivity contribution >= 4 is 23.0 Å². The van der Waals surface area contributed by atoms with Crippen LogP contribution >= 0.6 is 11.6 Å². The largest absolute Gasteiger partial charge is 0.349 e. The van der Waals surface area contributed by atoms with Crippen molar-refractivity contribution in [3.8, 4) is 0 Å². The second-order valence-corrected chi connectivity index (χ2v) is 6.15. The summed E-state index contributed by atoms with van der Waals surface area (Å²) in [5.41, 5.74) is 3.49. The zero-order valence-electron chi connectivity index (χ0n) is 13.1. The van der Waals surface area contributed by atoms with Gasteiger partial charge in [0, 0.05) is 38.1 Å². The fourth-order valence-electron chi connectivity index (χ4n) is 2.62. The summed E-state index contributed by atoms with van der Waals surface area (Å²) in [6.45, 7) is 5.30. The summed E-state index contributed by atoms with van der Waals surface area (Å²) in [6.07, 6.45) is 1.28. The molecule has 0 aliphatic carbocycles. The van der Waals surface area contributed by atoms with Crippen LogP contribution in [-0.4, -0.2) is 32.3 Å². The summed E-state index contributed by atoms with van der Waals surface area (Å²) < 4.78 is 3.40. The third-order valence-corrected chi connectivity index (χ3v) is 4.46. The van der Waals surface area contributed by atoms with E-state index in [0.717, 1.165) is 31.0 Å². The first kappa shape index (κ1) is 15.1. The molecule has 22 heavy (non-hydrogen) atoms. The molecule has 0 bridgehead atoms. The second kappa shape index (κ2) is 5.78. The van der Waals surface area contributed by atoms with Crippen molar-refractivity contribution in [3.63, 3.8) is 0 Å². The lowest BCUT2D eigenvalue weighted by Crippen LogP contribution is -2.36. The van der Waals surface area contributed by atoms with E-state index in [1.807, 2.05) is 14.0 Å². The van der Waals surface area contributed by atoms with Crippen LogP contribution in [0.4, 0.5) is 11.4 Å². The molecule has 1 saturated heterocycles. The van der Waals surface area contributed by atoms with Crippen molar-refractivity contribution in [1.82, 2.24) is 19.2 Å².